The lowest BCUT2D eigenvalue weighted by Gasteiger charge is -2.16. The number of anilines is 3. The van der Waals surface area contributed by atoms with Crippen molar-refractivity contribution >= 4 is 37.9 Å². The van der Waals surface area contributed by atoms with Crippen molar-refractivity contribution in [3.63, 3.8) is 0 Å². The predicted octanol–water partition coefficient (Wildman–Crippen LogP) is 4.26. The summed E-state index contributed by atoms with van der Waals surface area (Å²) in [6.45, 7) is 2.05. The van der Waals surface area contributed by atoms with Gasteiger partial charge in [-0.05, 0) is 36.8 Å². The van der Waals surface area contributed by atoms with Crippen molar-refractivity contribution in [3.05, 3.63) is 59.5 Å². The maximum atomic E-state index is 11.6. The Labute approximate surface area is 152 Å². The van der Waals surface area contributed by atoms with Crippen molar-refractivity contribution in [2.24, 2.45) is 0 Å². The third-order valence-electron chi connectivity index (χ3n) is 3.80. The molecule has 0 atom stereocenters. The second-order valence-corrected chi connectivity index (χ2v) is 8.68. The molecule has 0 radical (unpaired) electrons. The van der Waals surface area contributed by atoms with E-state index in [-0.39, 0.29) is 0 Å². The molecule has 3 aromatic rings. The molecular weight excluding hydrogens is 354 g/mol. The van der Waals surface area contributed by atoms with Gasteiger partial charge in [0.25, 0.3) is 0 Å². The number of aryl methyl sites for hydroxylation is 1. The predicted molar refractivity (Wildman–Crippen MR) is 105 cm³/mol. The van der Waals surface area contributed by atoms with Crippen LogP contribution in [-0.4, -0.2) is 26.7 Å². The lowest BCUT2D eigenvalue weighted by Crippen LogP contribution is -2.24. The molecule has 0 aliphatic heterocycles. The Balaban J connectivity index is 1.78. The maximum absolute atomic E-state index is 11.6. The number of aromatic nitrogens is 1. The van der Waals surface area contributed by atoms with Crippen molar-refractivity contribution in [2.75, 3.05) is 22.9 Å². The first kappa shape index (κ1) is 17.4. The maximum Gasteiger partial charge on any atom is 0.231 e. The average Bonchev–Trinajstić information content (AvgIpc) is 3.02. The number of hydrogen-bond donors (Lipinski definition) is 1. The number of nitrogens with one attached hydrogen (secondary N) is 1. The van der Waals surface area contributed by atoms with Crippen LogP contribution < -0.4 is 9.62 Å². The van der Waals surface area contributed by atoms with Crippen LogP contribution >= 0.6 is 11.3 Å². The monoisotopic (exact) mass is 373 g/mol. The van der Waals surface area contributed by atoms with Crippen LogP contribution in [-0.2, 0) is 10.0 Å². The van der Waals surface area contributed by atoms with Gasteiger partial charge in [0, 0.05) is 23.7 Å². The molecule has 0 aliphatic carbocycles. The number of hydrogen-bond acceptors (Lipinski definition) is 5. The quantitative estimate of drug-likeness (QED) is 0.726. The Hall–Kier alpha value is -2.38. The summed E-state index contributed by atoms with van der Waals surface area (Å²) in [5.74, 6) is 0. The van der Waals surface area contributed by atoms with Crippen molar-refractivity contribution in [1.29, 1.82) is 0 Å². The van der Waals surface area contributed by atoms with Crippen LogP contribution in [0.2, 0.25) is 0 Å². The van der Waals surface area contributed by atoms with Crippen LogP contribution in [0.1, 0.15) is 5.56 Å². The number of nitrogens with zero attached hydrogens (tertiary/aromatic N) is 2. The van der Waals surface area contributed by atoms with E-state index in [4.69, 9.17) is 0 Å². The minimum absolute atomic E-state index is 0.625. The van der Waals surface area contributed by atoms with Crippen molar-refractivity contribution in [1.82, 2.24) is 4.98 Å². The number of thiazole rings is 1. The highest BCUT2D eigenvalue weighted by Gasteiger charge is 2.12. The Morgan fingerprint density at radius 3 is 2.48 bits per heavy atom. The van der Waals surface area contributed by atoms with Gasteiger partial charge in [-0.3, -0.25) is 4.31 Å². The van der Waals surface area contributed by atoms with E-state index in [1.807, 2.05) is 42.6 Å². The van der Waals surface area contributed by atoms with Crippen LogP contribution in [0.15, 0.2) is 53.9 Å². The molecule has 1 heterocycles. The second kappa shape index (κ2) is 6.85. The number of benzene rings is 2. The normalized spacial score (nSPS) is 11.3. The molecule has 0 bridgehead atoms. The molecule has 3 rings (SSSR count). The van der Waals surface area contributed by atoms with E-state index >= 15 is 0 Å². The molecular formula is C18H19N3O2S2. The van der Waals surface area contributed by atoms with Gasteiger partial charge in [0.05, 0.1) is 17.6 Å². The van der Waals surface area contributed by atoms with Crippen molar-refractivity contribution in [3.8, 4) is 11.3 Å². The summed E-state index contributed by atoms with van der Waals surface area (Å²) in [7, 11) is -1.72. The molecule has 0 saturated heterocycles. The molecule has 0 amide bonds. The summed E-state index contributed by atoms with van der Waals surface area (Å²) < 4.78 is 24.4. The minimum Gasteiger partial charge on any atom is -0.332 e. The molecule has 5 nitrogen and oxygen atoms in total. The Bertz CT molecular complexity index is 980. The van der Waals surface area contributed by atoms with Gasteiger partial charge in [0.1, 0.15) is 0 Å². The van der Waals surface area contributed by atoms with Crippen molar-refractivity contribution < 1.29 is 8.42 Å². The molecule has 25 heavy (non-hydrogen) atoms. The third-order valence-corrected chi connectivity index (χ3v) is 5.76. The van der Waals surface area contributed by atoms with Gasteiger partial charge in [0.2, 0.25) is 10.0 Å². The highest BCUT2D eigenvalue weighted by Crippen LogP contribution is 2.29. The van der Waals surface area contributed by atoms with Gasteiger partial charge in [-0.1, -0.05) is 24.3 Å². The van der Waals surface area contributed by atoms with Crippen LogP contribution in [0.3, 0.4) is 0 Å². The summed E-state index contributed by atoms with van der Waals surface area (Å²) in [5.41, 5.74) is 4.62. The minimum atomic E-state index is -3.26. The molecule has 1 N–H and O–H groups in total. The van der Waals surface area contributed by atoms with Crippen molar-refractivity contribution in [2.45, 2.75) is 6.92 Å². The van der Waals surface area contributed by atoms with Gasteiger partial charge in [-0.2, -0.15) is 0 Å². The zero-order valence-corrected chi connectivity index (χ0v) is 15.9. The third kappa shape index (κ3) is 4.18. The SMILES string of the molecule is Cc1cccc(Nc2nc(-c3ccc(N(C)S(C)(=O)=O)cc3)cs2)c1. The van der Waals surface area contributed by atoms with E-state index in [1.165, 1.54) is 34.5 Å². The Morgan fingerprint density at radius 2 is 1.84 bits per heavy atom. The molecule has 7 heteroatoms. The highest BCUT2D eigenvalue weighted by atomic mass is 32.2. The topological polar surface area (TPSA) is 62.3 Å². The standard InChI is InChI=1S/C18H19N3O2S2/c1-13-5-4-6-15(11-13)19-18-20-17(12-24-18)14-7-9-16(10-8-14)21(2)25(3,22)23/h4-12H,1-3H3,(H,19,20). The fraction of sp³-hybridized carbons (Fsp3) is 0.167. The molecule has 0 saturated carbocycles. The van der Waals surface area contributed by atoms with Gasteiger partial charge in [-0.15, -0.1) is 11.3 Å². The number of rotatable bonds is 5. The van der Waals surface area contributed by atoms with Gasteiger partial charge >= 0.3 is 0 Å². The molecule has 2 aromatic carbocycles. The van der Waals surface area contributed by atoms with E-state index in [2.05, 4.69) is 16.4 Å². The van der Waals surface area contributed by atoms with Gasteiger partial charge < -0.3 is 5.32 Å². The molecule has 0 fully saturated rings. The van der Waals surface area contributed by atoms with Crippen LogP contribution in [0.4, 0.5) is 16.5 Å². The summed E-state index contributed by atoms with van der Waals surface area (Å²) in [6, 6.07) is 15.4. The van der Waals surface area contributed by atoms with Gasteiger partial charge in [-0.25, -0.2) is 13.4 Å². The fourth-order valence-electron chi connectivity index (χ4n) is 2.34. The van der Waals surface area contributed by atoms with Crippen LogP contribution in [0.5, 0.6) is 0 Å². The second-order valence-electron chi connectivity index (χ2n) is 5.81. The fourth-order valence-corrected chi connectivity index (χ4v) is 3.59. The van der Waals surface area contributed by atoms with E-state index in [0.717, 1.165) is 22.1 Å². The molecule has 1 aromatic heterocycles. The Kier molecular flexibility index (Phi) is 4.78. The first-order valence-electron chi connectivity index (χ1n) is 7.66. The summed E-state index contributed by atoms with van der Waals surface area (Å²) in [6.07, 6.45) is 1.19. The van der Waals surface area contributed by atoms with E-state index in [9.17, 15) is 8.42 Å². The lowest BCUT2D eigenvalue weighted by molar-refractivity contribution is 0.600. The van der Waals surface area contributed by atoms with E-state index < -0.39 is 10.0 Å². The van der Waals surface area contributed by atoms with Gasteiger partial charge in [0.15, 0.2) is 5.13 Å². The molecule has 0 unspecified atom stereocenters. The zero-order chi connectivity index (χ0) is 18.0. The average molecular weight is 374 g/mol. The highest BCUT2D eigenvalue weighted by molar-refractivity contribution is 7.92. The summed E-state index contributed by atoms with van der Waals surface area (Å²) in [4.78, 5) is 4.60. The lowest BCUT2D eigenvalue weighted by atomic mass is 10.1. The smallest absolute Gasteiger partial charge is 0.231 e. The molecule has 130 valence electrons. The Morgan fingerprint density at radius 1 is 1.12 bits per heavy atom. The molecule has 0 aliphatic rings. The van der Waals surface area contributed by atoms with E-state index in [0.29, 0.717) is 5.69 Å². The van der Waals surface area contributed by atoms with E-state index in [1.54, 1.807) is 12.1 Å². The largest absolute Gasteiger partial charge is 0.332 e. The summed E-state index contributed by atoms with van der Waals surface area (Å²) >= 11 is 1.53. The first-order chi connectivity index (χ1) is 11.8. The molecule has 0 spiro atoms. The first-order valence-corrected chi connectivity index (χ1v) is 10.4. The van der Waals surface area contributed by atoms with Crippen LogP contribution in [0.25, 0.3) is 11.3 Å². The summed E-state index contributed by atoms with van der Waals surface area (Å²) in [5, 5.41) is 6.10. The number of sulfonamides is 1. The zero-order valence-electron chi connectivity index (χ0n) is 14.2. The van der Waals surface area contributed by atoms with Crippen LogP contribution in [0, 0.1) is 6.92 Å².